The van der Waals surface area contributed by atoms with Gasteiger partial charge in [-0.2, -0.15) is 0 Å². The number of aliphatic hydroxyl groups excluding tert-OH is 1. The van der Waals surface area contributed by atoms with Crippen molar-refractivity contribution in [2.75, 3.05) is 34.9 Å². The largest absolute Gasteiger partial charge is 0.509 e. The summed E-state index contributed by atoms with van der Waals surface area (Å²) < 4.78 is 54.5. The van der Waals surface area contributed by atoms with Crippen molar-refractivity contribution >= 4 is 23.9 Å². The number of aliphatic hydroxyl groups is 1. The molecule has 15 nitrogen and oxygen atoms in total. The van der Waals surface area contributed by atoms with Crippen molar-refractivity contribution in [2.45, 2.75) is 141 Å². The highest BCUT2D eigenvalue weighted by atomic mass is 16.8. The van der Waals surface area contributed by atoms with E-state index in [1.54, 1.807) is 72.7 Å². The fourth-order valence-corrected chi connectivity index (χ4v) is 8.84. The van der Waals surface area contributed by atoms with Gasteiger partial charge in [-0.15, -0.1) is 6.58 Å². The van der Waals surface area contributed by atoms with Gasteiger partial charge in [-0.3, -0.25) is 9.59 Å². The second-order valence-electron chi connectivity index (χ2n) is 16.7. The first-order valence-electron chi connectivity index (χ1n) is 20.2. The molecule has 326 valence electrons. The van der Waals surface area contributed by atoms with Gasteiger partial charge in [-0.25, -0.2) is 9.59 Å². The Kier molecular flexibility index (Phi) is 15.9. The number of methoxy groups -OCH3 is 2. The second-order valence-corrected chi connectivity index (χ2v) is 16.7. The highest BCUT2D eigenvalue weighted by Gasteiger charge is 2.59. The van der Waals surface area contributed by atoms with E-state index < -0.39 is 95.9 Å². The van der Waals surface area contributed by atoms with Gasteiger partial charge < -0.3 is 52.6 Å². The number of nitrogens with zero attached hydrogens (tertiary/aromatic N) is 1. The van der Waals surface area contributed by atoms with Gasteiger partial charge in [-0.05, 0) is 78.7 Å². The monoisotopic (exact) mass is 819 g/mol. The zero-order valence-electron chi connectivity index (χ0n) is 36.1. The average Bonchev–Trinajstić information content (AvgIpc) is 3.51. The zero-order valence-corrected chi connectivity index (χ0v) is 36.1. The molecular formula is C43H65NO14. The molecule has 1 unspecified atom stereocenters. The molecule has 0 aliphatic carbocycles. The molecule has 0 amide bonds. The summed E-state index contributed by atoms with van der Waals surface area (Å²) in [7, 11) is 6.73. The molecule has 1 aromatic rings. The molecule has 4 rings (SSSR count). The summed E-state index contributed by atoms with van der Waals surface area (Å²) >= 11 is 0. The van der Waals surface area contributed by atoms with Gasteiger partial charge in [0.1, 0.15) is 29.8 Å². The van der Waals surface area contributed by atoms with E-state index in [4.69, 9.17) is 42.6 Å². The smallest absolute Gasteiger partial charge is 0.497 e. The molecule has 3 heterocycles. The minimum absolute atomic E-state index is 0.00227. The van der Waals surface area contributed by atoms with Crippen LogP contribution in [0.3, 0.4) is 0 Å². The molecule has 0 aromatic heterocycles. The van der Waals surface area contributed by atoms with Crippen LogP contribution < -0.4 is 4.74 Å². The maximum Gasteiger partial charge on any atom is 0.509 e. The van der Waals surface area contributed by atoms with Crippen LogP contribution in [0, 0.1) is 23.7 Å². The number of rotatable bonds is 12. The van der Waals surface area contributed by atoms with Crippen LogP contribution in [-0.4, -0.2) is 129 Å². The van der Waals surface area contributed by atoms with Crippen LogP contribution in [0.15, 0.2) is 36.9 Å². The lowest BCUT2D eigenvalue weighted by Crippen LogP contribution is -2.60. The third-order valence-electron chi connectivity index (χ3n) is 12.2. The molecule has 1 aromatic carbocycles. The number of fused-ring (bicyclic) bond motifs is 1. The van der Waals surface area contributed by atoms with Gasteiger partial charge in [0, 0.05) is 25.0 Å². The minimum atomic E-state index is -1.53. The lowest BCUT2D eigenvalue weighted by atomic mass is 9.74. The lowest BCUT2D eigenvalue weighted by molar-refractivity contribution is -0.302. The first-order chi connectivity index (χ1) is 27.3. The highest BCUT2D eigenvalue weighted by Crippen LogP contribution is 2.43. The normalized spacial score (nSPS) is 38.1. The summed E-state index contributed by atoms with van der Waals surface area (Å²) in [5.41, 5.74) is -2.40. The van der Waals surface area contributed by atoms with E-state index in [0.29, 0.717) is 17.7 Å². The van der Waals surface area contributed by atoms with E-state index >= 15 is 0 Å². The number of carbonyl (C=O) groups excluding carboxylic acids is 4. The molecular weight excluding hydrogens is 754 g/mol. The Hall–Kier alpha value is -3.60. The Morgan fingerprint density at radius 1 is 1.03 bits per heavy atom. The number of hydrogen-bond acceptors (Lipinski definition) is 15. The number of carbonyl (C=O) groups is 4. The van der Waals surface area contributed by atoms with Gasteiger partial charge >= 0.3 is 18.1 Å². The lowest BCUT2D eigenvalue weighted by Gasteiger charge is -2.48. The molecule has 3 saturated heterocycles. The van der Waals surface area contributed by atoms with Gasteiger partial charge in [-0.1, -0.05) is 45.9 Å². The molecule has 0 saturated carbocycles. The predicted octanol–water partition coefficient (Wildman–Crippen LogP) is 5.20. The SMILES string of the molecule is C=CCOC(C(=O)O[C@@H]1[C@H](C)[C@@H](O[C@@H]2O[C@H](C)C[C@H](N(C)C)[C@H]2O)[C@@](C)(OC)C[C@@H](C)C(=O)[C@@H](C)[C@H]2OC(=O)O[C@]2(C)[C@H](CC)OC(=O)[C@@H]1C)c1ccc(OC)cc1. The third kappa shape index (κ3) is 10.0. The van der Waals surface area contributed by atoms with E-state index in [1.807, 2.05) is 25.9 Å². The van der Waals surface area contributed by atoms with Crippen LogP contribution in [0.2, 0.25) is 0 Å². The summed E-state index contributed by atoms with van der Waals surface area (Å²) in [6, 6.07) is 6.39. The van der Waals surface area contributed by atoms with E-state index in [1.165, 1.54) is 20.3 Å². The summed E-state index contributed by atoms with van der Waals surface area (Å²) in [6.45, 7) is 17.5. The molecule has 58 heavy (non-hydrogen) atoms. The molecule has 1 N–H and O–H groups in total. The van der Waals surface area contributed by atoms with Crippen LogP contribution in [0.25, 0.3) is 0 Å². The number of benzene rings is 1. The van der Waals surface area contributed by atoms with Crippen molar-refractivity contribution in [3.63, 3.8) is 0 Å². The van der Waals surface area contributed by atoms with Crippen LogP contribution >= 0.6 is 0 Å². The van der Waals surface area contributed by atoms with E-state index in [0.717, 1.165) is 0 Å². The number of esters is 2. The second kappa shape index (κ2) is 19.6. The fourth-order valence-electron chi connectivity index (χ4n) is 8.84. The third-order valence-corrected chi connectivity index (χ3v) is 12.2. The van der Waals surface area contributed by atoms with Crippen LogP contribution in [-0.2, 0) is 52.3 Å². The Morgan fingerprint density at radius 3 is 2.26 bits per heavy atom. The average molecular weight is 820 g/mol. The van der Waals surface area contributed by atoms with Crippen molar-refractivity contribution in [1.29, 1.82) is 0 Å². The van der Waals surface area contributed by atoms with Crippen LogP contribution in [0.4, 0.5) is 4.79 Å². The molecule has 15 heteroatoms. The quantitative estimate of drug-likeness (QED) is 0.165. The van der Waals surface area contributed by atoms with Gasteiger partial charge in [0.25, 0.3) is 0 Å². The molecule has 3 fully saturated rings. The van der Waals surface area contributed by atoms with Gasteiger partial charge in [0.2, 0.25) is 0 Å². The first-order valence-corrected chi connectivity index (χ1v) is 20.2. The molecule has 15 atom stereocenters. The molecule has 3 aliphatic rings. The van der Waals surface area contributed by atoms with Crippen molar-refractivity contribution < 1.29 is 66.9 Å². The van der Waals surface area contributed by atoms with Gasteiger partial charge in [0.05, 0.1) is 43.4 Å². The summed E-state index contributed by atoms with van der Waals surface area (Å²) in [6.07, 6.45) is -7.03. The number of hydrogen-bond donors (Lipinski definition) is 1. The minimum Gasteiger partial charge on any atom is -0.497 e. The number of ketones is 1. The Morgan fingerprint density at radius 2 is 1.69 bits per heavy atom. The molecule has 0 bridgehead atoms. The predicted molar refractivity (Wildman–Crippen MR) is 211 cm³/mol. The van der Waals surface area contributed by atoms with Crippen molar-refractivity contribution in [1.82, 2.24) is 4.90 Å². The fraction of sp³-hybridized carbons (Fsp3) is 0.721. The van der Waals surface area contributed by atoms with Crippen LogP contribution in [0.1, 0.15) is 86.3 Å². The van der Waals surface area contributed by atoms with Crippen LogP contribution in [0.5, 0.6) is 5.75 Å². The summed E-state index contributed by atoms with van der Waals surface area (Å²) in [5, 5.41) is 11.7. The number of likely N-dealkylation sites (N-methyl/N-ethyl adjacent to an activating group) is 1. The standard InChI is InChI=1S/C43H65NO14/c1-14-20-52-35(28-16-18-29(50-12)19-17-28)39(48)55-34-26(6)36(56-40-33(46)30(44(10)11)21-24(4)53-40)42(8,51-13)22-23(3)32(45)25(5)37-43(9,58-41(49)57-37)31(15-2)54-38(47)27(34)7/h14,16-19,23-27,30-31,33-37,40,46H,1,15,20-22H2,2-13H3/t23-,24-,25-,26+,27-,30+,31+,33-,34-,35?,36-,37-,40+,42+,43-/m1/s1. The maximum atomic E-state index is 14.5. The molecule has 0 spiro atoms. The maximum absolute atomic E-state index is 14.5. The Balaban J connectivity index is 1.89. The number of ether oxygens (including phenoxy) is 9. The molecule has 3 aliphatic heterocycles. The van der Waals surface area contributed by atoms with E-state index in [-0.39, 0.29) is 37.4 Å². The number of Topliss-reactive ketones (excluding diaryl/α,β-unsaturated/α-hetero) is 1. The highest BCUT2D eigenvalue weighted by molar-refractivity contribution is 5.84. The Labute approximate surface area is 342 Å². The number of cyclic esters (lactones) is 1. The molecule has 0 radical (unpaired) electrons. The van der Waals surface area contributed by atoms with Crippen molar-refractivity contribution in [2.24, 2.45) is 23.7 Å². The topological polar surface area (TPSA) is 175 Å². The summed E-state index contributed by atoms with van der Waals surface area (Å²) in [4.78, 5) is 57.9. The van der Waals surface area contributed by atoms with Crippen molar-refractivity contribution in [3.8, 4) is 5.75 Å². The Bertz CT molecular complexity index is 1590. The van der Waals surface area contributed by atoms with Crippen molar-refractivity contribution in [3.05, 3.63) is 42.5 Å². The summed E-state index contributed by atoms with van der Waals surface area (Å²) in [5.74, 6) is -4.91. The first kappa shape index (κ1) is 47.1. The van der Waals surface area contributed by atoms with E-state index in [2.05, 4.69) is 6.58 Å². The van der Waals surface area contributed by atoms with E-state index in [9.17, 15) is 24.3 Å². The van der Waals surface area contributed by atoms with Gasteiger partial charge in [0.15, 0.2) is 24.1 Å². The zero-order chi connectivity index (χ0) is 43.3.